The Labute approximate surface area is 167 Å². The molecule has 1 amide bonds. The minimum Gasteiger partial charge on any atom is -0.393 e. The number of nitrogens with one attached hydrogen (secondary N) is 2. The Hall–Kier alpha value is -3.95. The van der Waals surface area contributed by atoms with Crippen molar-refractivity contribution in [2.45, 2.75) is 0 Å². The van der Waals surface area contributed by atoms with E-state index in [2.05, 4.69) is 40.6 Å². The highest BCUT2D eigenvalue weighted by molar-refractivity contribution is 5.93. The first-order chi connectivity index (χ1) is 14.2. The van der Waals surface area contributed by atoms with Crippen LogP contribution in [-0.2, 0) is 0 Å². The van der Waals surface area contributed by atoms with Gasteiger partial charge in [0.1, 0.15) is 23.5 Å². The molecule has 0 atom stereocenters. The largest absolute Gasteiger partial charge is 0.393 e. The number of hydrogen-bond donors (Lipinski definition) is 3. The number of nitrogen functional groups attached to an aromatic ring is 1. The number of aromatic nitrogens is 4. The number of hydrogen-bond acceptors (Lipinski definition) is 9. The van der Waals surface area contributed by atoms with E-state index in [1.807, 2.05) is 18.2 Å². The highest BCUT2D eigenvalue weighted by Crippen LogP contribution is 2.27. The molecule has 0 spiro atoms. The van der Waals surface area contributed by atoms with Gasteiger partial charge in [-0.25, -0.2) is 15.0 Å². The number of pyridine rings is 2. The fraction of sp³-hybridized carbons (Fsp3) is 0.211. The Kier molecular flexibility index (Phi) is 5.32. The zero-order valence-corrected chi connectivity index (χ0v) is 15.7. The molecule has 4 N–H and O–H groups in total. The second-order valence-corrected chi connectivity index (χ2v) is 6.42. The van der Waals surface area contributed by atoms with Crippen molar-refractivity contribution in [3.8, 4) is 0 Å². The van der Waals surface area contributed by atoms with Crippen molar-refractivity contribution in [3.63, 3.8) is 0 Å². The van der Waals surface area contributed by atoms with E-state index < -0.39 is 0 Å². The number of anilines is 4. The molecule has 4 heterocycles. The molecule has 0 radical (unpaired) electrons. The number of piperazine rings is 1. The SMILES string of the molecule is Nc1c(NNC(=O)c2ccccn2)ncnc1N1CCN(c2ccccn2)CC1. The standard InChI is InChI=1S/C19H21N9O/c20-16-17(25-26-19(29)14-5-1-3-7-21-14)23-13-24-18(16)28-11-9-27(10-12-28)15-6-2-4-8-22-15/h1-8,13H,9-12,20H2,(H,26,29)(H,23,24,25). The predicted molar refractivity (Wildman–Crippen MR) is 110 cm³/mol. The number of carbonyl (C=O) groups excluding carboxylic acids is 1. The summed E-state index contributed by atoms with van der Waals surface area (Å²) in [6, 6.07) is 11.0. The maximum atomic E-state index is 12.1. The van der Waals surface area contributed by atoms with Crippen LogP contribution < -0.4 is 26.4 Å². The van der Waals surface area contributed by atoms with Gasteiger partial charge in [-0.15, -0.1) is 0 Å². The molecule has 1 fully saturated rings. The summed E-state index contributed by atoms with van der Waals surface area (Å²) in [5, 5.41) is 0. The lowest BCUT2D eigenvalue weighted by atomic mass is 10.3. The Morgan fingerprint density at radius 3 is 2.31 bits per heavy atom. The number of amides is 1. The van der Waals surface area contributed by atoms with E-state index in [1.165, 1.54) is 6.33 Å². The highest BCUT2D eigenvalue weighted by atomic mass is 16.2. The molecular formula is C19H21N9O. The summed E-state index contributed by atoms with van der Waals surface area (Å²) in [6.45, 7) is 3.11. The van der Waals surface area contributed by atoms with Gasteiger partial charge >= 0.3 is 0 Å². The normalized spacial score (nSPS) is 13.8. The quantitative estimate of drug-likeness (QED) is 0.545. The fourth-order valence-electron chi connectivity index (χ4n) is 3.10. The molecule has 0 unspecified atom stereocenters. The van der Waals surface area contributed by atoms with E-state index in [0.29, 0.717) is 23.0 Å². The molecule has 3 aromatic heterocycles. The summed E-state index contributed by atoms with van der Waals surface area (Å²) in [6.07, 6.45) is 4.77. The van der Waals surface area contributed by atoms with Gasteiger partial charge in [0.25, 0.3) is 5.91 Å². The lowest BCUT2D eigenvalue weighted by Gasteiger charge is -2.36. The summed E-state index contributed by atoms with van der Waals surface area (Å²) in [7, 11) is 0. The van der Waals surface area contributed by atoms with Gasteiger partial charge in [0, 0.05) is 38.6 Å². The van der Waals surface area contributed by atoms with Crippen LogP contribution in [0.3, 0.4) is 0 Å². The van der Waals surface area contributed by atoms with Crippen molar-refractivity contribution in [2.24, 2.45) is 0 Å². The van der Waals surface area contributed by atoms with E-state index in [-0.39, 0.29) is 5.91 Å². The maximum absolute atomic E-state index is 12.1. The Balaban J connectivity index is 1.40. The lowest BCUT2D eigenvalue weighted by Crippen LogP contribution is -2.47. The first-order valence-electron chi connectivity index (χ1n) is 9.21. The number of carbonyl (C=O) groups is 1. The van der Waals surface area contributed by atoms with Crippen molar-refractivity contribution in [1.29, 1.82) is 0 Å². The summed E-state index contributed by atoms with van der Waals surface area (Å²) in [5.41, 5.74) is 12.2. The van der Waals surface area contributed by atoms with Crippen molar-refractivity contribution < 1.29 is 4.79 Å². The van der Waals surface area contributed by atoms with E-state index in [0.717, 1.165) is 32.0 Å². The first-order valence-corrected chi connectivity index (χ1v) is 9.21. The van der Waals surface area contributed by atoms with E-state index in [4.69, 9.17) is 5.73 Å². The molecule has 10 nitrogen and oxygen atoms in total. The van der Waals surface area contributed by atoms with Gasteiger partial charge in [-0.3, -0.25) is 20.6 Å². The average molecular weight is 391 g/mol. The Bertz CT molecular complexity index is 960. The molecule has 148 valence electrons. The molecule has 1 aliphatic heterocycles. The van der Waals surface area contributed by atoms with E-state index >= 15 is 0 Å². The third-order valence-electron chi connectivity index (χ3n) is 4.61. The van der Waals surface area contributed by atoms with E-state index in [9.17, 15) is 4.79 Å². The van der Waals surface area contributed by atoms with Crippen molar-refractivity contribution in [3.05, 3.63) is 60.8 Å². The van der Waals surface area contributed by atoms with Crippen molar-refractivity contribution >= 4 is 29.0 Å². The van der Waals surface area contributed by atoms with Crippen molar-refractivity contribution in [2.75, 3.05) is 47.1 Å². The van der Waals surface area contributed by atoms with Gasteiger partial charge in [-0.2, -0.15) is 0 Å². The van der Waals surface area contributed by atoms with Gasteiger partial charge < -0.3 is 15.5 Å². The van der Waals surface area contributed by atoms with Gasteiger partial charge in [0.15, 0.2) is 11.6 Å². The second-order valence-electron chi connectivity index (χ2n) is 6.42. The van der Waals surface area contributed by atoms with Gasteiger partial charge in [-0.1, -0.05) is 12.1 Å². The molecule has 4 rings (SSSR count). The molecule has 1 saturated heterocycles. The zero-order chi connectivity index (χ0) is 20.1. The molecule has 29 heavy (non-hydrogen) atoms. The van der Waals surface area contributed by atoms with Crippen LogP contribution in [0, 0.1) is 0 Å². The van der Waals surface area contributed by atoms with Crippen LogP contribution in [0.2, 0.25) is 0 Å². The summed E-state index contributed by atoms with van der Waals surface area (Å²) in [4.78, 5) is 33.3. The minimum atomic E-state index is -0.380. The third-order valence-corrected chi connectivity index (χ3v) is 4.61. The molecule has 0 aromatic carbocycles. The second kappa shape index (κ2) is 8.38. The van der Waals surface area contributed by atoms with Gasteiger partial charge in [0.05, 0.1) is 0 Å². The van der Waals surface area contributed by atoms with Gasteiger partial charge in [-0.05, 0) is 24.3 Å². The predicted octanol–water partition coefficient (Wildman–Crippen LogP) is 0.932. The molecular weight excluding hydrogens is 370 g/mol. The van der Waals surface area contributed by atoms with Crippen LogP contribution >= 0.6 is 0 Å². The Morgan fingerprint density at radius 1 is 0.897 bits per heavy atom. The van der Waals surface area contributed by atoms with Crippen LogP contribution in [0.15, 0.2) is 55.1 Å². The third kappa shape index (κ3) is 4.15. The minimum absolute atomic E-state index is 0.290. The van der Waals surface area contributed by atoms with Crippen LogP contribution in [-0.4, -0.2) is 52.0 Å². The van der Waals surface area contributed by atoms with Crippen LogP contribution in [0.1, 0.15) is 10.5 Å². The maximum Gasteiger partial charge on any atom is 0.288 e. The monoisotopic (exact) mass is 391 g/mol. The van der Waals surface area contributed by atoms with Crippen LogP contribution in [0.4, 0.5) is 23.1 Å². The molecule has 1 aliphatic rings. The zero-order valence-electron chi connectivity index (χ0n) is 15.7. The summed E-state index contributed by atoms with van der Waals surface area (Å²) < 4.78 is 0. The smallest absolute Gasteiger partial charge is 0.288 e. The molecule has 0 saturated carbocycles. The highest BCUT2D eigenvalue weighted by Gasteiger charge is 2.22. The van der Waals surface area contributed by atoms with Crippen LogP contribution in [0.25, 0.3) is 0 Å². The molecule has 10 heteroatoms. The summed E-state index contributed by atoms with van der Waals surface area (Å²) in [5.74, 6) is 1.55. The average Bonchev–Trinajstić information content (AvgIpc) is 2.79. The van der Waals surface area contributed by atoms with Crippen molar-refractivity contribution in [1.82, 2.24) is 25.4 Å². The Morgan fingerprint density at radius 2 is 1.62 bits per heavy atom. The molecule has 0 aliphatic carbocycles. The van der Waals surface area contributed by atoms with Crippen LogP contribution in [0.5, 0.6) is 0 Å². The molecule has 3 aromatic rings. The topological polar surface area (TPSA) is 125 Å². The number of nitrogens with two attached hydrogens (primary N) is 1. The number of hydrazine groups is 1. The number of rotatable bonds is 5. The fourth-order valence-corrected chi connectivity index (χ4v) is 3.10. The first kappa shape index (κ1) is 18.4. The molecule has 0 bridgehead atoms. The van der Waals surface area contributed by atoms with E-state index in [1.54, 1.807) is 30.6 Å². The summed E-state index contributed by atoms with van der Waals surface area (Å²) >= 11 is 0. The van der Waals surface area contributed by atoms with Gasteiger partial charge in [0.2, 0.25) is 0 Å². The number of nitrogens with zero attached hydrogens (tertiary/aromatic N) is 6. The lowest BCUT2D eigenvalue weighted by molar-refractivity contribution is 0.0957.